The summed E-state index contributed by atoms with van der Waals surface area (Å²) in [6.45, 7) is 2.42. The van der Waals surface area contributed by atoms with E-state index >= 15 is 0 Å². The number of benzene rings is 1. The maximum atomic E-state index is 13.2. The predicted octanol–water partition coefficient (Wildman–Crippen LogP) is 1.56. The van der Waals surface area contributed by atoms with Crippen molar-refractivity contribution >= 4 is 39.9 Å². The number of carbonyl (C=O) groups is 1. The monoisotopic (exact) mass is 337 g/mol. The molecule has 0 aliphatic carbocycles. The van der Waals surface area contributed by atoms with Gasteiger partial charge in [-0.05, 0) is 28.7 Å². The fourth-order valence-corrected chi connectivity index (χ4v) is 1.64. The Morgan fingerprint density at radius 3 is 2.81 bits per heavy atom. The number of nitrogen functional groups attached to an aromatic ring is 1. The maximum Gasteiger partial charge on any atom is 0.216 e. The van der Waals surface area contributed by atoms with E-state index in [1.54, 1.807) is 6.07 Å². The summed E-state index contributed by atoms with van der Waals surface area (Å²) in [5, 5.41) is 5.58. The first kappa shape index (κ1) is 13.0. The van der Waals surface area contributed by atoms with Gasteiger partial charge in [0, 0.05) is 26.1 Å². The Bertz CT molecular complexity index is 398. The molecule has 16 heavy (non-hydrogen) atoms. The second-order valence-electron chi connectivity index (χ2n) is 3.26. The summed E-state index contributed by atoms with van der Waals surface area (Å²) in [5.41, 5.74) is 6.75. The Hall–Kier alpha value is -1.05. The van der Waals surface area contributed by atoms with Crippen molar-refractivity contribution in [1.82, 2.24) is 5.32 Å². The molecule has 0 saturated heterocycles. The van der Waals surface area contributed by atoms with E-state index in [9.17, 15) is 9.18 Å². The van der Waals surface area contributed by atoms with Gasteiger partial charge in [0.25, 0.3) is 0 Å². The van der Waals surface area contributed by atoms with E-state index in [-0.39, 0.29) is 11.7 Å². The standard InChI is InChI=1S/C10H13FIN3O/c1-6(16)14-2-3-15-10-4-7(11)8(12)5-9(10)13/h4-5,15H,2-3,13H2,1H3,(H,14,16). The molecular weight excluding hydrogens is 324 g/mol. The summed E-state index contributed by atoms with van der Waals surface area (Å²) in [4.78, 5) is 10.6. The molecule has 0 saturated carbocycles. The van der Waals surface area contributed by atoms with Gasteiger partial charge in [-0.2, -0.15) is 0 Å². The summed E-state index contributed by atoms with van der Waals surface area (Å²) < 4.78 is 13.7. The van der Waals surface area contributed by atoms with Crippen molar-refractivity contribution < 1.29 is 9.18 Å². The lowest BCUT2D eigenvalue weighted by Gasteiger charge is -2.10. The molecule has 6 heteroatoms. The molecule has 0 atom stereocenters. The predicted molar refractivity (Wildman–Crippen MR) is 70.7 cm³/mol. The maximum absolute atomic E-state index is 13.2. The summed E-state index contributed by atoms with van der Waals surface area (Å²) in [6.07, 6.45) is 0. The van der Waals surface area contributed by atoms with E-state index in [0.717, 1.165) is 0 Å². The summed E-state index contributed by atoms with van der Waals surface area (Å²) in [5.74, 6) is -0.402. The molecule has 88 valence electrons. The van der Waals surface area contributed by atoms with Gasteiger partial charge >= 0.3 is 0 Å². The van der Waals surface area contributed by atoms with Gasteiger partial charge in [0.2, 0.25) is 5.91 Å². The quantitative estimate of drug-likeness (QED) is 0.444. The highest BCUT2D eigenvalue weighted by Gasteiger charge is 2.05. The second kappa shape index (κ2) is 5.88. The second-order valence-corrected chi connectivity index (χ2v) is 4.43. The summed E-state index contributed by atoms with van der Waals surface area (Å²) in [6, 6.07) is 2.92. The lowest BCUT2D eigenvalue weighted by Crippen LogP contribution is -2.26. The SMILES string of the molecule is CC(=O)NCCNc1cc(F)c(I)cc1N. The third kappa shape index (κ3) is 3.84. The average Bonchev–Trinajstić information content (AvgIpc) is 2.19. The number of anilines is 2. The highest BCUT2D eigenvalue weighted by atomic mass is 127. The minimum atomic E-state index is -0.308. The van der Waals surface area contributed by atoms with Crippen molar-refractivity contribution in [3.63, 3.8) is 0 Å². The van der Waals surface area contributed by atoms with Crippen LogP contribution in [0.4, 0.5) is 15.8 Å². The van der Waals surface area contributed by atoms with Crippen LogP contribution >= 0.6 is 22.6 Å². The van der Waals surface area contributed by atoms with Crippen molar-refractivity contribution in [3.8, 4) is 0 Å². The van der Waals surface area contributed by atoms with Crippen molar-refractivity contribution in [1.29, 1.82) is 0 Å². The Labute approximate surface area is 107 Å². The van der Waals surface area contributed by atoms with Crippen LogP contribution in [0.25, 0.3) is 0 Å². The van der Waals surface area contributed by atoms with Gasteiger partial charge in [-0.25, -0.2) is 4.39 Å². The third-order valence-corrected chi connectivity index (χ3v) is 2.73. The number of carbonyl (C=O) groups excluding carboxylic acids is 1. The van der Waals surface area contributed by atoms with Crippen LogP contribution in [0.2, 0.25) is 0 Å². The number of amides is 1. The lowest BCUT2D eigenvalue weighted by atomic mass is 10.2. The molecule has 0 fully saturated rings. The van der Waals surface area contributed by atoms with E-state index in [2.05, 4.69) is 10.6 Å². The molecule has 0 aliphatic heterocycles. The molecule has 0 radical (unpaired) electrons. The molecule has 1 aromatic carbocycles. The zero-order chi connectivity index (χ0) is 12.1. The molecule has 0 unspecified atom stereocenters. The largest absolute Gasteiger partial charge is 0.397 e. The molecule has 1 rings (SSSR count). The van der Waals surface area contributed by atoms with Crippen LogP contribution in [0.15, 0.2) is 12.1 Å². The number of halogens is 2. The van der Waals surface area contributed by atoms with Crippen molar-refractivity contribution in [3.05, 3.63) is 21.5 Å². The Morgan fingerprint density at radius 1 is 1.50 bits per heavy atom. The van der Waals surface area contributed by atoms with Crippen LogP contribution < -0.4 is 16.4 Å². The molecule has 4 N–H and O–H groups in total. The van der Waals surface area contributed by atoms with Gasteiger partial charge in [-0.1, -0.05) is 0 Å². The number of rotatable bonds is 4. The third-order valence-electron chi connectivity index (χ3n) is 1.91. The normalized spacial score (nSPS) is 9.94. The first-order valence-electron chi connectivity index (χ1n) is 4.73. The zero-order valence-corrected chi connectivity index (χ0v) is 11.0. The van der Waals surface area contributed by atoms with Gasteiger partial charge in [0.15, 0.2) is 0 Å². The molecule has 0 heterocycles. The minimum Gasteiger partial charge on any atom is -0.397 e. The van der Waals surface area contributed by atoms with Crippen LogP contribution in [0.1, 0.15) is 6.92 Å². The first-order valence-corrected chi connectivity index (χ1v) is 5.81. The minimum absolute atomic E-state index is 0.0939. The van der Waals surface area contributed by atoms with Gasteiger partial charge in [0.1, 0.15) is 5.82 Å². The van der Waals surface area contributed by atoms with E-state index in [0.29, 0.717) is 28.0 Å². The van der Waals surface area contributed by atoms with Crippen molar-refractivity contribution in [2.24, 2.45) is 0 Å². The van der Waals surface area contributed by atoms with E-state index in [4.69, 9.17) is 5.73 Å². The topological polar surface area (TPSA) is 67.2 Å². The van der Waals surface area contributed by atoms with Gasteiger partial charge < -0.3 is 16.4 Å². The van der Waals surface area contributed by atoms with Gasteiger partial charge in [-0.3, -0.25) is 4.79 Å². The summed E-state index contributed by atoms with van der Waals surface area (Å²) in [7, 11) is 0. The van der Waals surface area contributed by atoms with Crippen LogP contribution in [0.3, 0.4) is 0 Å². The highest BCUT2D eigenvalue weighted by molar-refractivity contribution is 14.1. The number of hydrogen-bond acceptors (Lipinski definition) is 3. The Balaban J connectivity index is 2.54. The fourth-order valence-electron chi connectivity index (χ4n) is 1.15. The van der Waals surface area contributed by atoms with E-state index in [1.165, 1.54) is 13.0 Å². The fraction of sp³-hybridized carbons (Fsp3) is 0.300. The molecular formula is C10H13FIN3O. The van der Waals surface area contributed by atoms with Crippen LogP contribution in [-0.2, 0) is 4.79 Å². The Morgan fingerprint density at radius 2 is 2.19 bits per heavy atom. The smallest absolute Gasteiger partial charge is 0.216 e. The average molecular weight is 337 g/mol. The number of nitrogens with two attached hydrogens (primary N) is 1. The lowest BCUT2D eigenvalue weighted by molar-refractivity contribution is -0.118. The number of nitrogens with one attached hydrogen (secondary N) is 2. The van der Waals surface area contributed by atoms with E-state index < -0.39 is 0 Å². The van der Waals surface area contributed by atoms with Crippen LogP contribution in [-0.4, -0.2) is 19.0 Å². The Kier molecular flexibility index (Phi) is 4.78. The molecule has 1 amide bonds. The zero-order valence-electron chi connectivity index (χ0n) is 8.81. The summed E-state index contributed by atoms with van der Waals surface area (Å²) >= 11 is 1.88. The highest BCUT2D eigenvalue weighted by Crippen LogP contribution is 2.23. The van der Waals surface area contributed by atoms with Gasteiger partial charge in [0.05, 0.1) is 14.9 Å². The molecule has 0 bridgehead atoms. The number of hydrogen-bond donors (Lipinski definition) is 3. The van der Waals surface area contributed by atoms with Crippen molar-refractivity contribution in [2.45, 2.75) is 6.92 Å². The molecule has 0 aromatic heterocycles. The molecule has 4 nitrogen and oxygen atoms in total. The van der Waals surface area contributed by atoms with Crippen molar-refractivity contribution in [2.75, 3.05) is 24.1 Å². The van der Waals surface area contributed by atoms with Crippen LogP contribution in [0.5, 0.6) is 0 Å². The van der Waals surface area contributed by atoms with Gasteiger partial charge in [-0.15, -0.1) is 0 Å². The molecule has 1 aromatic rings. The first-order chi connectivity index (χ1) is 7.50. The van der Waals surface area contributed by atoms with Crippen LogP contribution in [0, 0.1) is 9.39 Å². The van der Waals surface area contributed by atoms with E-state index in [1.807, 2.05) is 22.6 Å². The molecule has 0 aliphatic rings. The molecule has 0 spiro atoms.